The Morgan fingerprint density at radius 1 is 1.00 bits per heavy atom. The minimum absolute atomic E-state index is 0.0118. The highest BCUT2D eigenvalue weighted by atomic mass is 19.4. The van der Waals surface area contributed by atoms with Gasteiger partial charge in [0.25, 0.3) is 0 Å². The van der Waals surface area contributed by atoms with Crippen LogP contribution >= 0.6 is 0 Å². The number of anilines is 2. The van der Waals surface area contributed by atoms with E-state index in [0.717, 1.165) is 12.1 Å². The molecule has 0 aliphatic heterocycles. The molecule has 4 nitrogen and oxygen atoms in total. The van der Waals surface area contributed by atoms with E-state index in [1.54, 1.807) is 19.1 Å². The maximum atomic E-state index is 12.8. The van der Waals surface area contributed by atoms with Crippen LogP contribution in [-0.2, 0) is 6.18 Å². The molecule has 0 saturated carbocycles. The molecule has 0 spiro atoms. The Bertz CT molecular complexity index is 743. The van der Waals surface area contributed by atoms with Crippen LogP contribution < -0.4 is 10.6 Å². The lowest BCUT2D eigenvalue weighted by atomic mass is 10.1. The second-order valence-electron chi connectivity index (χ2n) is 5.17. The smallest absolute Gasteiger partial charge is 0.416 e. The Balaban J connectivity index is 2.14. The minimum Gasteiger partial charge on any atom is -0.508 e. The summed E-state index contributed by atoms with van der Waals surface area (Å²) in [6, 6.07) is 7.13. The van der Waals surface area contributed by atoms with E-state index in [1.165, 1.54) is 19.1 Å². The van der Waals surface area contributed by atoms with E-state index >= 15 is 0 Å². The van der Waals surface area contributed by atoms with Gasteiger partial charge in [-0.1, -0.05) is 6.07 Å². The van der Waals surface area contributed by atoms with Crippen LogP contribution in [0.1, 0.15) is 16.7 Å². The molecule has 2 aromatic rings. The Morgan fingerprint density at radius 2 is 1.65 bits per heavy atom. The standard InChI is InChI=1S/C16H15F3N2O2/c1-9-5-11(16(17,18)19)7-13(6-9)21-15(23)20-12-4-3-10(2)14(22)8-12/h3-8,22H,1-2H3,(H2,20,21,23). The van der Waals surface area contributed by atoms with Crippen LogP contribution in [0.2, 0.25) is 0 Å². The van der Waals surface area contributed by atoms with Gasteiger partial charge in [0.15, 0.2) is 0 Å². The second kappa shape index (κ2) is 6.20. The molecule has 122 valence electrons. The van der Waals surface area contributed by atoms with Gasteiger partial charge < -0.3 is 15.7 Å². The van der Waals surface area contributed by atoms with Crippen LogP contribution in [0.5, 0.6) is 5.75 Å². The van der Waals surface area contributed by atoms with Crippen molar-refractivity contribution in [2.24, 2.45) is 0 Å². The summed E-state index contributed by atoms with van der Waals surface area (Å²) in [5.74, 6) is 0.0118. The number of hydrogen-bond donors (Lipinski definition) is 3. The average Bonchev–Trinajstić information content (AvgIpc) is 2.41. The molecule has 3 N–H and O–H groups in total. The van der Waals surface area contributed by atoms with Crippen molar-refractivity contribution in [1.82, 2.24) is 0 Å². The number of urea groups is 1. The molecule has 0 fully saturated rings. The molecule has 0 aliphatic carbocycles. The Hall–Kier alpha value is -2.70. The van der Waals surface area contributed by atoms with Gasteiger partial charge in [0.1, 0.15) is 5.75 Å². The summed E-state index contributed by atoms with van der Waals surface area (Å²) in [5, 5.41) is 14.4. The van der Waals surface area contributed by atoms with Crippen LogP contribution in [0.15, 0.2) is 36.4 Å². The van der Waals surface area contributed by atoms with Gasteiger partial charge in [0.05, 0.1) is 5.56 Å². The molecule has 0 radical (unpaired) electrons. The summed E-state index contributed by atoms with van der Waals surface area (Å²) in [4.78, 5) is 11.9. The molecule has 7 heteroatoms. The van der Waals surface area contributed by atoms with Crippen molar-refractivity contribution in [3.05, 3.63) is 53.1 Å². The van der Waals surface area contributed by atoms with E-state index in [0.29, 0.717) is 16.8 Å². The number of aryl methyl sites for hydroxylation is 2. The number of alkyl halides is 3. The molecule has 0 atom stereocenters. The van der Waals surface area contributed by atoms with Crippen molar-refractivity contribution >= 4 is 17.4 Å². The Labute approximate surface area is 131 Å². The summed E-state index contributed by atoms with van der Waals surface area (Å²) < 4.78 is 38.3. The topological polar surface area (TPSA) is 61.4 Å². The molecule has 23 heavy (non-hydrogen) atoms. The normalized spacial score (nSPS) is 11.2. The molecular weight excluding hydrogens is 309 g/mol. The lowest BCUT2D eigenvalue weighted by Crippen LogP contribution is -2.20. The van der Waals surface area contributed by atoms with Crippen molar-refractivity contribution in [2.75, 3.05) is 10.6 Å². The van der Waals surface area contributed by atoms with Crippen LogP contribution in [-0.4, -0.2) is 11.1 Å². The third-order valence-electron chi connectivity index (χ3n) is 3.13. The highest BCUT2D eigenvalue weighted by Gasteiger charge is 2.31. The number of halogens is 3. The number of phenols is 1. The highest BCUT2D eigenvalue weighted by Crippen LogP contribution is 2.32. The fourth-order valence-corrected chi connectivity index (χ4v) is 2.00. The van der Waals surface area contributed by atoms with Crippen molar-refractivity contribution in [1.29, 1.82) is 0 Å². The van der Waals surface area contributed by atoms with Crippen molar-refractivity contribution in [3.63, 3.8) is 0 Å². The van der Waals surface area contributed by atoms with Crippen molar-refractivity contribution in [3.8, 4) is 5.75 Å². The molecule has 0 heterocycles. The number of amides is 2. The number of rotatable bonds is 2. The fourth-order valence-electron chi connectivity index (χ4n) is 2.00. The SMILES string of the molecule is Cc1cc(NC(=O)Nc2ccc(C)c(O)c2)cc(C(F)(F)F)c1. The van der Waals surface area contributed by atoms with Gasteiger partial charge in [-0.25, -0.2) is 4.79 Å². The molecule has 0 aliphatic rings. The largest absolute Gasteiger partial charge is 0.508 e. The quantitative estimate of drug-likeness (QED) is 0.751. The number of aromatic hydroxyl groups is 1. The summed E-state index contributed by atoms with van der Waals surface area (Å²) in [7, 11) is 0. The lowest BCUT2D eigenvalue weighted by Gasteiger charge is -2.12. The van der Waals surface area contributed by atoms with E-state index in [2.05, 4.69) is 10.6 Å². The van der Waals surface area contributed by atoms with Crippen LogP contribution in [0.4, 0.5) is 29.3 Å². The summed E-state index contributed by atoms with van der Waals surface area (Å²) >= 11 is 0. The zero-order valence-corrected chi connectivity index (χ0v) is 12.5. The van der Waals surface area contributed by atoms with E-state index < -0.39 is 17.8 Å². The first-order valence-electron chi connectivity index (χ1n) is 6.71. The maximum absolute atomic E-state index is 12.8. The number of benzene rings is 2. The zero-order chi connectivity index (χ0) is 17.2. The molecule has 0 saturated heterocycles. The molecule has 0 bridgehead atoms. The van der Waals surface area contributed by atoms with E-state index in [-0.39, 0.29) is 11.4 Å². The number of phenolic OH excluding ortho intramolecular Hbond substituents is 1. The molecule has 2 rings (SSSR count). The van der Waals surface area contributed by atoms with Crippen LogP contribution in [0, 0.1) is 13.8 Å². The van der Waals surface area contributed by atoms with Gasteiger partial charge in [-0.3, -0.25) is 0 Å². The maximum Gasteiger partial charge on any atom is 0.416 e. The van der Waals surface area contributed by atoms with E-state index in [4.69, 9.17) is 0 Å². The first-order valence-corrected chi connectivity index (χ1v) is 6.71. The Morgan fingerprint density at radius 3 is 2.26 bits per heavy atom. The number of nitrogens with one attached hydrogen (secondary N) is 2. The first kappa shape index (κ1) is 16.7. The molecule has 2 aromatic carbocycles. The van der Waals surface area contributed by atoms with Gasteiger partial charge in [-0.05, 0) is 49.2 Å². The average molecular weight is 324 g/mol. The zero-order valence-electron chi connectivity index (χ0n) is 12.5. The predicted octanol–water partition coefficient (Wildman–Crippen LogP) is 4.67. The number of hydrogen-bond acceptors (Lipinski definition) is 2. The van der Waals surface area contributed by atoms with Crippen molar-refractivity contribution in [2.45, 2.75) is 20.0 Å². The highest BCUT2D eigenvalue weighted by molar-refractivity contribution is 6.00. The molecule has 0 unspecified atom stereocenters. The van der Waals surface area contributed by atoms with Gasteiger partial charge in [0.2, 0.25) is 0 Å². The van der Waals surface area contributed by atoms with Gasteiger partial charge >= 0.3 is 12.2 Å². The second-order valence-corrected chi connectivity index (χ2v) is 5.17. The molecule has 0 aromatic heterocycles. The third-order valence-corrected chi connectivity index (χ3v) is 3.13. The lowest BCUT2D eigenvalue weighted by molar-refractivity contribution is -0.137. The van der Waals surface area contributed by atoms with Gasteiger partial charge in [-0.2, -0.15) is 13.2 Å². The van der Waals surface area contributed by atoms with Crippen LogP contribution in [0.25, 0.3) is 0 Å². The summed E-state index contributed by atoms with van der Waals surface area (Å²) in [6.45, 7) is 3.21. The Kier molecular flexibility index (Phi) is 4.49. The van der Waals surface area contributed by atoms with Gasteiger partial charge in [-0.15, -0.1) is 0 Å². The fraction of sp³-hybridized carbons (Fsp3) is 0.188. The number of carbonyl (C=O) groups excluding carboxylic acids is 1. The number of carbonyl (C=O) groups is 1. The first-order chi connectivity index (χ1) is 10.6. The predicted molar refractivity (Wildman–Crippen MR) is 81.7 cm³/mol. The van der Waals surface area contributed by atoms with Gasteiger partial charge in [0, 0.05) is 17.4 Å². The minimum atomic E-state index is -4.48. The van der Waals surface area contributed by atoms with E-state index in [9.17, 15) is 23.1 Å². The molecular formula is C16H15F3N2O2. The van der Waals surface area contributed by atoms with E-state index in [1.807, 2.05) is 0 Å². The molecule has 2 amide bonds. The van der Waals surface area contributed by atoms with Crippen LogP contribution in [0.3, 0.4) is 0 Å². The monoisotopic (exact) mass is 324 g/mol. The third kappa shape index (κ3) is 4.38. The summed E-state index contributed by atoms with van der Waals surface area (Å²) in [6.07, 6.45) is -4.48. The summed E-state index contributed by atoms with van der Waals surface area (Å²) in [5.41, 5.74) is 0.550. The van der Waals surface area contributed by atoms with Crippen molar-refractivity contribution < 1.29 is 23.1 Å².